The van der Waals surface area contributed by atoms with Crippen molar-refractivity contribution < 1.29 is 9.52 Å². The molecule has 0 saturated carbocycles. The zero-order valence-electron chi connectivity index (χ0n) is 18.5. The van der Waals surface area contributed by atoms with Gasteiger partial charge in [-0.25, -0.2) is 0 Å². The average molecular weight is 450 g/mol. The molecule has 7 heteroatoms. The van der Waals surface area contributed by atoms with E-state index in [1.807, 2.05) is 43.5 Å². The number of aliphatic hydroxyl groups excluding tert-OH is 1. The Labute approximate surface area is 195 Å². The molecule has 6 aromatic rings. The number of furan rings is 1. The molecule has 1 unspecified atom stereocenters. The van der Waals surface area contributed by atoms with Gasteiger partial charge in [0.15, 0.2) is 0 Å². The molecule has 0 radical (unpaired) electrons. The number of hydrogen-bond acceptors (Lipinski definition) is 5. The standard InChI is InChI=1S/C27H23N5O2/c1-2-26(33)29-19-10-18(13-28-14-19)16-6-7-24-22(11-16)27(32-31-24)25-12-21-20(17-8-9-34-15-17)4-3-5-23(21)30-25/h3-15,26,29-30,33H,2H2,1H3,(H,31,32). The van der Waals surface area contributed by atoms with E-state index in [1.54, 1.807) is 18.7 Å². The second-order valence-corrected chi connectivity index (χ2v) is 8.33. The maximum Gasteiger partial charge on any atom is 0.124 e. The van der Waals surface area contributed by atoms with Gasteiger partial charge in [0, 0.05) is 33.6 Å². The van der Waals surface area contributed by atoms with Crippen molar-refractivity contribution in [3.63, 3.8) is 0 Å². The lowest BCUT2D eigenvalue weighted by molar-refractivity contribution is 0.199. The van der Waals surface area contributed by atoms with Crippen molar-refractivity contribution in [3.05, 3.63) is 79.5 Å². The van der Waals surface area contributed by atoms with Gasteiger partial charge in [0.2, 0.25) is 0 Å². The van der Waals surface area contributed by atoms with Crippen molar-refractivity contribution in [2.75, 3.05) is 5.32 Å². The predicted molar refractivity (Wildman–Crippen MR) is 134 cm³/mol. The van der Waals surface area contributed by atoms with Gasteiger partial charge in [-0.15, -0.1) is 0 Å². The van der Waals surface area contributed by atoms with E-state index in [9.17, 15) is 5.11 Å². The van der Waals surface area contributed by atoms with Gasteiger partial charge < -0.3 is 19.8 Å². The highest BCUT2D eigenvalue weighted by Crippen LogP contribution is 2.35. The highest BCUT2D eigenvalue weighted by molar-refractivity contribution is 6.01. The number of anilines is 1. The second kappa shape index (κ2) is 8.20. The molecule has 1 atom stereocenters. The summed E-state index contributed by atoms with van der Waals surface area (Å²) in [5, 5.41) is 22.9. The minimum absolute atomic E-state index is 0.603. The Balaban J connectivity index is 1.43. The first-order valence-corrected chi connectivity index (χ1v) is 11.2. The quantitative estimate of drug-likeness (QED) is 0.228. The Hall–Kier alpha value is -4.36. The van der Waals surface area contributed by atoms with Gasteiger partial charge in [-0.1, -0.05) is 25.1 Å². The van der Waals surface area contributed by atoms with Crippen molar-refractivity contribution >= 4 is 27.5 Å². The fourth-order valence-corrected chi connectivity index (χ4v) is 4.32. The largest absolute Gasteiger partial charge is 0.472 e. The van der Waals surface area contributed by atoms with E-state index < -0.39 is 6.23 Å². The third-order valence-corrected chi connectivity index (χ3v) is 6.11. The van der Waals surface area contributed by atoms with Crippen LogP contribution in [0, 0.1) is 0 Å². The summed E-state index contributed by atoms with van der Waals surface area (Å²) in [7, 11) is 0. The molecule has 7 nitrogen and oxygen atoms in total. The summed E-state index contributed by atoms with van der Waals surface area (Å²) in [4.78, 5) is 7.87. The Morgan fingerprint density at radius 1 is 0.971 bits per heavy atom. The molecule has 0 aliphatic heterocycles. The molecule has 4 N–H and O–H groups in total. The van der Waals surface area contributed by atoms with Crippen LogP contribution in [0.1, 0.15) is 13.3 Å². The summed E-state index contributed by atoms with van der Waals surface area (Å²) >= 11 is 0. The summed E-state index contributed by atoms with van der Waals surface area (Å²) in [5.41, 5.74) is 8.70. The summed E-state index contributed by atoms with van der Waals surface area (Å²) in [6, 6.07) is 18.5. The zero-order chi connectivity index (χ0) is 23.1. The third kappa shape index (κ3) is 3.52. The molecule has 0 aliphatic carbocycles. The molecule has 168 valence electrons. The molecule has 0 fully saturated rings. The van der Waals surface area contributed by atoms with Crippen molar-refractivity contribution in [3.8, 4) is 33.6 Å². The second-order valence-electron chi connectivity index (χ2n) is 8.33. The van der Waals surface area contributed by atoms with E-state index in [-0.39, 0.29) is 0 Å². The molecular weight excluding hydrogens is 426 g/mol. The number of aromatic amines is 2. The van der Waals surface area contributed by atoms with Crippen molar-refractivity contribution in [1.82, 2.24) is 20.2 Å². The van der Waals surface area contributed by atoms with Crippen molar-refractivity contribution in [2.24, 2.45) is 0 Å². The maximum absolute atomic E-state index is 9.93. The van der Waals surface area contributed by atoms with E-state index in [2.05, 4.69) is 49.7 Å². The first-order valence-electron chi connectivity index (χ1n) is 11.2. The highest BCUT2D eigenvalue weighted by Gasteiger charge is 2.15. The van der Waals surface area contributed by atoms with Crippen LogP contribution in [0.3, 0.4) is 0 Å². The number of aliphatic hydroxyl groups is 1. The minimum Gasteiger partial charge on any atom is -0.472 e. The Bertz CT molecular complexity index is 1600. The number of H-pyrrole nitrogens is 2. The molecule has 6 rings (SSSR count). The van der Waals surface area contributed by atoms with E-state index in [0.717, 1.165) is 61.1 Å². The number of nitrogens with zero attached hydrogens (tertiary/aromatic N) is 2. The molecule has 2 aromatic carbocycles. The van der Waals surface area contributed by atoms with Crippen LogP contribution in [-0.4, -0.2) is 31.5 Å². The number of rotatable bonds is 6. The summed E-state index contributed by atoms with van der Waals surface area (Å²) in [5.74, 6) is 0. The summed E-state index contributed by atoms with van der Waals surface area (Å²) < 4.78 is 5.29. The van der Waals surface area contributed by atoms with Gasteiger partial charge in [0.1, 0.15) is 11.9 Å². The zero-order valence-corrected chi connectivity index (χ0v) is 18.5. The van der Waals surface area contributed by atoms with Crippen molar-refractivity contribution in [1.29, 1.82) is 0 Å². The topological polar surface area (TPSA) is 103 Å². The number of nitrogens with one attached hydrogen (secondary N) is 3. The summed E-state index contributed by atoms with van der Waals surface area (Å²) in [6.45, 7) is 1.92. The van der Waals surface area contributed by atoms with Gasteiger partial charge in [0.05, 0.1) is 35.6 Å². The molecule has 4 aromatic heterocycles. The van der Waals surface area contributed by atoms with Crippen LogP contribution < -0.4 is 5.32 Å². The monoisotopic (exact) mass is 449 g/mol. The van der Waals surface area contributed by atoms with Crippen LogP contribution >= 0.6 is 0 Å². The number of hydrogen-bond donors (Lipinski definition) is 4. The minimum atomic E-state index is -0.603. The molecule has 0 amide bonds. The lowest BCUT2D eigenvalue weighted by Crippen LogP contribution is -2.16. The number of fused-ring (bicyclic) bond motifs is 2. The predicted octanol–water partition coefficient (Wildman–Crippen LogP) is 6.17. The normalized spacial score (nSPS) is 12.4. The summed E-state index contributed by atoms with van der Waals surface area (Å²) in [6.07, 6.45) is 6.99. The molecule has 0 aliphatic rings. The van der Waals surface area contributed by atoms with Gasteiger partial charge in [-0.3, -0.25) is 10.1 Å². The first kappa shape index (κ1) is 20.3. The van der Waals surface area contributed by atoms with E-state index in [4.69, 9.17) is 4.42 Å². The average Bonchev–Trinajstić information content (AvgIpc) is 3.62. The van der Waals surface area contributed by atoms with Crippen LogP contribution in [0.5, 0.6) is 0 Å². The lowest BCUT2D eigenvalue weighted by atomic mass is 10.0. The first-order chi connectivity index (χ1) is 16.7. The molecule has 0 bridgehead atoms. The molecule has 4 heterocycles. The number of pyridine rings is 1. The maximum atomic E-state index is 9.93. The van der Waals surface area contributed by atoms with Crippen molar-refractivity contribution in [2.45, 2.75) is 19.6 Å². The lowest BCUT2D eigenvalue weighted by Gasteiger charge is -2.12. The van der Waals surface area contributed by atoms with Crippen LogP contribution in [0.2, 0.25) is 0 Å². The van der Waals surface area contributed by atoms with Crippen LogP contribution in [0.4, 0.5) is 5.69 Å². The van der Waals surface area contributed by atoms with E-state index in [1.165, 1.54) is 0 Å². The third-order valence-electron chi connectivity index (χ3n) is 6.11. The van der Waals surface area contributed by atoms with E-state index in [0.29, 0.717) is 6.42 Å². The fraction of sp³-hybridized carbons (Fsp3) is 0.111. The molecule has 34 heavy (non-hydrogen) atoms. The fourth-order valence-electron chi connectivity index (χ4n) is 4.32. The molecule has 0 spiro atoms. The van der Waals surface area contributed by atoms with Gasteiger partial charge in [-0.05, 0) is 53.9 Å². The van der Waals surface area contributed by atoms with E-state index >= 15 is 0 Å². The Morgan fingerprint density at radius 2 is 1.91 bits per heavy atom. The molecule has 0 saturated heterocycles. The highest BCUT2D eigenvalue weighted by atomic mass is 16.3. The van der Waals surface area contributed by atoms with Gasteiger partial charge in [-0.2, -0.15) is 5.10 Å². The Morgan fingerprint density at radius 3 is 2.76 bits per heavy atom. The van der Waals surface area contributed by atoms with Gasteiger partial charge in [0.25, 0.3) is 0 Å². The van der Waals surface area contributed by atoms with Crippen LogP contribution in [-0.2, 0) is 0 Å². The number of benzene rings is 2. The van der Waals surface area contributed by atoms with Crippen LogP contribution in [0.15, 0.2) is 83.9 Å². The van der Waals surface area contributed by atoms with Crippen LogP contribution in [0.25, 0.3) is 55.4 Å². The molecular formula is C27H23N5O2. The SMILES string of the molecule is CCC(O)Nc1cncc(-c2ccc3[nH]nc(-c4cc5c(-c6ccoc6)cccc5[nH]4)c3c2)c1. The Kier molecular flexibility index (Phi) is 4.89. The smallest absolute Gasteiger partial charge is 0.124 e. The van der Waals surface area contributed by atoms with Gasteiger partial charge >= 0.3 is 0 Å². The number of aromatic nitrogens is 4.